The third-order valence-corrected chi connectivity index (χ3v) is 8.01. The van der Waals surface area contributed by atoms with Gasteiger partial charge in [0.05, 0.1) is 24.3 Å². The van der Waals surface area contributed by atoms with Gasteiger partial charge in [-0.15, -0.1) is 0 Å². The molecule has 3 aromatic carbocycles. The largest absolute Gasteiger partial charge is 0.448 e. The molecule has 254 valence electrons. The Morgan fingerprint density at radius 1 is 1.00 bits per heavy atom. The highest BCUT2D eigenvalue weighted by Gasteiger charge is 2.38. The number of carbonyl (C=O) groups is 2. The molecule has 1 aliphatic heterocycles. The van der Waals surface area contributed by atoms with Crippen LogP contribution in [0.25, 0.3) is 0 Å². The van der Waals surface area contributed by atoms with Crippen molar-refractivity contribution >= 4 is 17.7 Å². The average Bonchev–Trinajstić information content (AvgIpc) is 3.01. The summed E-state index contributed by atoms with van der Waals surface area (Å²) in [5.41, 5.74) is 7.90. The minimum absolute atomic E-state index is 0.162. The van der Waals surface area contributed by atoms with Crippen LogP contribution in [0.1, 0.15) is 42.9 Å². The normalized spacial score (nSPS) is 19.6. The number of carbonyl (C=O) groups excluding carboxylic acids is 2. The molecule has 1 fully saturated rings. The molecular weight excluding hydrogens is 630 g/mol. The summed E-state index contributed by atoms with van der Waals surface area (Å²) in [6, 6.07) is 11.3. The fourth-order valence-electron chi connectivity index (χ4n) is 5.28. The molecule has 47 heavy (non-hydrogen) atoms. The lowest BCUT2D eigenvalue weighted by Gasteiger charge is -2.35. The Hall–Kier alpha value is -4.14. The number of amides is 2. The van der Waals surface area contributed by atoms with E-state index < -0.39 is 71.9 Å². The molecule has 0 radical (unpaired) electrons. The van der Waals surface area contributed by atoms with Crippen molar-refractivity contribution in [2.45, 2.75) is 69.1 Å². The molecule has 5 N–H and O–H groups in total. The van der Waals surface area contributed by atoms with E-state index in [1.807, 2.05) is 0 Å². The van der Waals surface area contributed by atoms with Crippen molar-refractivity contribution in [3.63, 3.8) is 0 Å². The molecule has 0 bridgehead atoms. The highest BCUT2D eigenvalue weighted by atomic mass is 19.4. The van der Waals surface area contributed by atoms with Crippen molar-refractivity contribution in [3.05, 3.63) is 101 Å². The smallest absolute Gasteiger partial charge is 0.408 e. The van der Waals surface area contributed by atoms with Crippen LogP contribution in [0.5, 0.6) is 0 Å². The number of alkyl halides is 3. The van der Waals surface area contributed by atoms with Gasteiger partial charge in [0, 0.05) is 23.7 Å². The zero-order chi connectivity index (χ0) is 34.3. The minimum Gasteiger partial charge on any atom is -0.448 e. The molecule has 2 amide bonds. The van der Waals surface area contributed by atoms with Crippen molar-refractivity contribution in [2.75, 3.05) is 18.5 Å². The molecule has 4 rings (SSSR count). The van der Waals surface area contributed by atoms with E-state index in [9.17, 15) is 31.5 Å². The quantitative estimate of drug-likeness (QED) is 0.200. The topological polar surface area (TPSA) is 115 Å². The summed E-state index contributed by atoms with van der Waals surface area (Å²) in [5, 5.41) is 7.58. The first-order chi connectivity index (χ1) is 22.2. The Morgan fingerprint density at radius 3 is 2.15 bits per heavy atom. The van der Waals surface area contributed by atoms with Crippen molar-refractivity contribution in [2.24, 2.45) is 5.73 Å². The van der Waals surface area contributed by atoms with Crippen LogP contribution in [0.2, 0.25) is 0 Å². The molecule has 14 heteroatoms. The van der Waals surface area contributed by atoms with E-state index in [2.05, 4.69) is 10.6 Å². The highest BCUT2D eigenvalue weighted by Crippen LogP contribution is 2.30. The fourth-order valence-corrected chi connectivity index (χ4v) is 5.28. The van der Waals surface area contributed by atoms with Crippen LogP contribution >= 0.6 is 0 Å². The third kappa shape index (κ3) is 9.69. The molecule has 8 nitrogen and oxygen atoms in total. The van der Waals surface area contributed by atoms with Crippen LogP contribution in [0.15, 0.2) is 66.7 Å². The maximum atomic E-state index is 15.1. The van der Waals surface area contributed by atoms with Gasteiger partial charge in [0.25, 0.3) is 0 Å². The van der Waals surface area contributed by atoms with Gasteiger partial charge in [-0.1, -0.05) is 30.3 Å². The van der Waals surface area contributed by atoms with Crippen LogP contribution in [-0.4, -0.2) is 61.7 Å². The van der Waals surface area contributed by atoms with Crippen molar-refractivity contribution < 1.29 is 45.4 Å². The highest BCUT2D eigenvalue weighted by molar-refractivity contribution is 5.96. The molecule has 1 saturated heterocycles. The number of ether oxygens (including phenoxy) is 2. The fraction of sp³-hybridized carbons (Fsp3) is 0.394. The molecule has 1 heterocycles. The maximum Gasteiger partial charge on any atom is 0.408 e. The molecule has 0 spiro atoms. The molecule has 0 unspecified atom stereocenters. The van der Waals surface area contributed by atoms with Gasteiger partial charge in [-0.3, -0.25) is 4.79 Å². The maximum absolute atomic E-state index is 15.1. The van der Waals surface area contributed by atoms with E-state index >= 15 is 4.39 Å². The summed E-state index contributed by atoms with van der Waals surface area (Å²) in [4.78, 5) is 25.2. The van der Waals surface area contributed by atoms with Crippen molar-refractivity contribution in [1.29, 1.82) is 0 Å². The van der Waals surface area contributed by atoms with Gasteiger partial charge in [-0.2, -0.15) is 13.2 Å². The summed E-state index contributed by atoms with van der Waals surface area (Å²) in [5.74, 6) is -2.94. The number of halogens is 6. The molecule has 0 saturated carbocycles. The summed E-state index contributed by atoms with van der Waals surface area (Å²) in [7, 11) is 0. The van der Waals surface area contributed by atoms with Crippen LogP contribution in [-0.2, 0) is 20.7 Å². The predicted octanol–water partition coefficient (Wildman–Crippen LogP) is 5.56. The Balaban J connectivity index is 1.37. The SMILES string of the molecule is C[C@@H]1O[C@H](CCc2c(F)cccc2NC(=O)[C@@H](N)C(c2ccc(F)cc2)c2ccc(F)cc2)CN[C@@H]1COC(=O)N[C@@H](C)C(F)(F)F. The van der Waals surface area contributed by atoms with Gasteiger partial charge in [0.1, 0.15) is 30.1 Å². The number of alkyl carbamates (subject to hydrolysis) is 1. The third-order valence-electron chi connectivity index (χ3n) is 8.01. The second kappa shape index (κ2) is 15.6. The number of anilines is 1. The molecule has 3 aromatic rings. The lowest BCUT2D eigenvalue weighted by molar-refractivity contribution is -0.150. The first-order valence-electron chi connectivity index (χ1n) is 15.0. The number of hydrogen-bond donors (Lipinski definition) is 4. The predicted molar refractivity (Wildman–Crippen MR) is 162 cm³/mol. The molecule has 5 atom stereocenters. The van der Waals surface area contributed by atoms with E-state index in [4.69, 9.17) is 15.2 Å². The van der Waals surface area contributed by atoms with E-state index in [-0.39, 0.29) is 30.8 Å². The summed E-state index contributed by atoms with van der Waals surface area (Å²) in [6.45, 7) is 2.57. The number of nitrogens with one attached hydrogen (secondary N) is 3. The zero-order valence-electron chi connectivity index (χ0n) is 25.6. The molecular formula is C33H36F6N4O4. The van der Waals surface area contributed by atoms with Crippen LogP contribution in [0.3, 0.4) is 0 Å². The van der Waals surface area contributed by atoms with Crippen molar-refractivity contribution in [1.82, 2.24) is 10.6 Å². The van der Waals surface area contributed by atoms with Crippen LogP contribution in [0, 0.1) is 17.5 Å². The molecule has 1 aliphatic rings. The molecule has 0 aliphatic carbocycles. The Kier molecular flexibility index (Phi) is 11.9. The van der Waals surface area contributed by atoms with E-state index in [0.29, 0.717) is 17.5 Å². The lowest BCUT2D eigenvalue weighted by Crippen LogP contribution is -2.54. The number of hydrogen-bond acceptors (Lipinski definition) is 6. The summed E-state index contributed by atoms with van der Waals surface area (Å²) >= 11 is 0. The number of rotatable bonds is 11. The number of benzene rings is 3. The van der Waals surface area contributed by atoms with Gasteiger partial charge in [-0.25, -0.2) is 18.0 Å². The van der Waals surface area contributed by atoms with Crippen LogP contribution in [0.4, 0.5) is 36.8 Å². The first-order valence-corrected chi connectivity index (χ1v) is 15.0. The summed E-state index contributed by atoms with van der Waals surface area (Å²) in [6.07, 6.45) is -6.20. The number of morpholine rings is 1. The van der Waals surface area contributed by atoms with Crippen molar-refractivity contribution in [3.8, 4) is 0 Å². The first kappa shape index (κ1) is 35.7. The van der Waals surface area contributed by atoms with Gasteiger partial charge in [-0.05, 0) is 74.2 Å². The van der Waals surface area contributed by atoms with Gasteiger partial charge < -0.3 is 31.2 Å². The Bertz CT molecular complexity index is 1460. The second-order valence-electron chi connectivity index (χ2n) is 11.4. The Morgan fingerprint density at radius 2 is 1.60 bits per heavy atom. The van der Waals surface area contributed by atoms with E-state index in [1.165, 1.54) is 66.7 Å². The Labute approximate surface area is 268 Å². The van der Waals surface area contributed by atoms with E-state index in [1.54, 1.807) is 12.2 Å². The van der Waals surface area contributed by atoms with Gasteiger partial charge in [0.15, 0.2) is 0 Å². The minimum atomic E-state index is -4.60. The lowest BCUT2D eigenvalue weighted by atomic mass is 9.85. The summed E-state index contributed by atoms with van der Waals surface area (Å²) < 4.78 is 91.3. The monoisotopic (exact) mass is 666 g/mol. The second-order valence-corrected chi connectivity index (χ2v) is 11.4. The molecule has 0 aromatic heterocycles. The van der Waals surface area contributed by atoms with E-state index in [0.717, 1.165) is 6.92 Å². The van der Waals surface area contributed by atoms with Gasteiger partial charge >= 0.3 is 12.3 Å². The number of nitrogens with two attached hydrogens (primary N) is 1. The average molecular weight is 667 g/mol. The standard InChI is InChI=1S/C33H36F6N4O4/c1-18-28(17-46-32(45)42-19(2)33(37,38)39)41-16-24(47-18)14-15-25-26(36)4-3-5-27(25)43-31(44)30(40)29(20-6-10-22(34)11-7-20)21-8-12-23(35)13-9-21/h3-13,18-19,24,28-30,41H,14-17,40H2,1-2H3,(H,42,45)(H,43,44)/t18-,19-,24+,28+,30-/m0/s1. The van der Waals surface area contributed by atoms with Gasteiger partial charge in [0.2, 0.25) is 5.91 Å². The zero-order valence-corrected chi connectivity index (χ0v) is 25.6. The van der Waals surface area contributed by atoms with Crippen LogP contribution < -0.4 is 21.7 Å².